The second-order valence-electron chi connectivity index (χ2n) is 6.00. The van der Waals surface area contributed by atoms with Gasteiger partial charge in [-0.2, -0.15) is 0 Å². The molecule has 1 fully saturated rings. The van der Waals surface area contributed by atoms with Gasteiger partial charge in [0.15, 0.2) is 0 Å². The number of rotatable bonds is 5. The number of hydrogen-bond donors (Lipinski definition) is 3. The largest absolute Gasteiger partial charge is 0.481 e. The number of carboxylic acids is 1. The van der Waals surface area contributed by atoms with Crippen molar-refractivity contribution in [2.75, 3.05) is 13.1 Å². The third-order valence-corrected chi connectivity index (χ3v) is 4.07. The minimum atomic E-state index is -1.07. The predicted molar refractivity (Wildman–Crippen MR) is 77.6 cm³/mol. The predicted octanol–water partition coefficient (Wildman–Crippen LogP) is 1.62. The maximum atomic E-state index is 12.0. The number of hydrogen-bond acceptors (Lipinski definition) is 3. The molecule has 1 saturated carbocycles. The Hall–Kier alpha value is -1.79. The lowest BCUT2D eigenvalue weighted by Gasteiger charge is -2.27. The average molecular weight is 299 g/mol. The Balaban J connectivity index is 2.46. The molecule has 1 atom stereocenters. The Morgan fingerprint density at radius 2 is 1.86 bits per heavy atom. The molecule has 0 aromatic carbocycles. The van der Waals surface area contributed by atoms with E-state index in [4.69, 9.17) is 10.8 Å². The van der Waals surface area contributed by atoms with Gasteiger partial charge in [-0.3, -0.25) is 4.79 Å². The van der Waals surface area contributed by atoms with E-state index in [1.54, 1.807) is 0 Å². The molecule has 0 aromatic heterocycles. The van der Waals surface area contributed by atoms with E-state index in [0.29, 0.717) is 12.5 Å². The minimum Gasteiger partial charge on any atom is -0.481 e. The molecular formula is C14H25N3O4. The smallest absolute Gasteiger partial charge is 0.325 e. The standard InChI is InChI=1S/C14H25N3O4/c1-9-3-5-11(6-4-9)7-16-14(21)17(13(15)20)8-10(2)12(18)19/h9-11H,3-8H2,1-2H3,(H2,15,20)(H,16,21)(H,18,19)/t9-,10-,11-/m0/s1. The summed E-state index contributed by atoms with van der Waals surface area (Å²) in [5.41, 5.74) is 5.15. The first-order chi connectivity index (χ1) is 9.81. The molecule has 0 bridgehead atoms. The summed E-state index contributed by atoms with van der Waals surface area (Å²) in [6.45, 7) is 3.92. The van der Waals surface area contributed by atoms with Gasteiger partial charge in [0.05, 0.1) is 5.92 Å². The van der Waals surface area contributed by atoms with Crippen molar-refractivity contribution in [2.45, 2.75) is 39.5 Å². The molecule has 21 heavy (non-hydrogen) atoms. The number of primary amides is 1. The van der Waals surface area contributed by atoms with E-state index < -0.39 is 23.9 Å². The lowest BCUT2D eigenvalue weighted by atomic mass is 9.83. The van der Waals surface area contributed by atoms with Gasteiger partial charge >= 0.3 is 18.0 Å². The molecule has 7 heteroatoms. The lowest BCUT2D eigenvalue weighted by molar-refractivity contribution is -0.141. The van der Waals surface area contributed by atoms with Crippen LogP contribution in [0.15, 0.2) is 0 Å². The molecule has 7 nitrogen and oxygen atoms in total. The Bertz CT molecular complexity index is 392. The summed E-state index contributed by atoms with van der Waals surface area (Å²) >= 11 is 0. The second kappa shape index (κ2) is 7.85. The summed E-state index contributed by atoms with van der Waals surface area (Å²) in [4.78, 5) is 34.8. The van der Waals surface area contributed by atoms with Crippen LogP contribution < -0.4 is 11.1 Å². The van der Waals surface area contributed by atoms with Crippen molar-refractivity contribution in [3.63, 3.8) is 0 Å². The fourth-order valence-corrected chi connectivity index (χ4v) is 2.49. The quantitative estimate of drug-likeness (QED) is 0.716. The van der Waals surface area contributed by atoms with E-state index in [-0.39, 0.29) is 6.54 Å². The molecular weight excluding hydrogens is 274 g/mol. The van der Waals surface area contributed by atoms with Crippen LogP contribution in [0.5, 0.6) is 0 Å². The van der Waals surface area contributed by atoms with Crippen LogP contribution in [0.25, 0.3) is 0 Å². The maximum absolute atomic E-state index is 12.0. The van der Waals surface area contributed by atoms with E-state index in [1.807, 2.05) is 0 Å². The van der Waals surface area contributed by atoms with Gasteiger partial charge in [-0.25, -0.2) is 14.5 Å². The fourth-order valence-electron chi connectivity index (χ4n) is 2.49. The number of carbonyl (C=O) groups is 3. The highest BCUT2D eigenvalue weighted by atomic mass is 16.4. The molecule has 0 aliphatic heterocycles. The molecule has 0 saturated heterocycles. The number of carbonyl (C=O) groups excluding carboxylic acids is 2. The highest BCUT2D eigenvalue weighted by molar-refractivity contribution is 5.93. The minimum absolute atomic E-state index is 0.224. The highest BCUT2D eigenvalue weighted by Crippen LogP contribution is 2.27. The lowest BCUT2D eigenvalue weighted by Crippen LogP contribution is -2.50. The van der Waals surface area contributed by atoms with Crippen molar-refractivity contribution < 1.29 is 19.5 Å². The monoisotopic (exact) mass is 299 g/mol. The van der Waals surface area contributed by atoms with Gasteiger partial charge in [-0.15, -0.1) is 0 Å². The third-order valence-electron chi connectivity index (χ3n) is 4.07. The van der Waals surface area contributed by atoms with E-state index in [9.17, 15) is 14.4 Å². The summed E-state index contributed by atoms with van der Waals surface area (Å²) in [6.07, 6.45) is 4.42. The zero-order valence-electron chi connectivity index (χ0n) is 12.7. The fraction of sp³-hybridized carbons (Fsp3) is 0.786. The van der Waals surface area contributed by atoms with Crippen molar-refractivity contribution in [3.05, 3.63) is 0 Å². The van der Waals surface area contributed by atoms with Crippen LogP contribution in [0, 0.1) is 17.8 Å². The number of imide groups is 1. The van der Waals surface area contributed by atoms with E-state index >= 15 is 0 Å². The first-order valence-corrected chi connectivity index (χ1v) is 7.38. The van der Waals surface area contributed by atoms with Crippen molar-refractivity contribution in [1.82, 2.24) is 10.2 Å². The maximum Gasteiger partial charge on any atom is 0.325 e. The topological polar surface area (TPSA) is 113 Å². The first-order valence-electron chi connectivity index (χ1n) is 7.38. The normalized spacial score (nSPS) is 23.1. The molecule has 0 heterocycles. The Morgan fingerprint density at radius 3 is 2.33 bits per heavy atom. The summed E-state index contributed by atoms with van der Waals surface area (Å²) in [6, 6.07) is -1.55. The molecule has 0 radical (unpaired) electrons. The zero-order valence-corrected chi connectivity index (χ0v) is 12.7. The molecule has 0 spiro atoms. The summed E-state index contributed by atoms with van der Waals surface area (Å²) in [5.74, 6) is -0.777. The van der Waals surface area contributed by atoms with Crippen molar-refractivity contribution >= 4 is 18.0 Å². The summed E-state index contributed by atoms with van der Waals surface area (Å²) in [5, 5.41) is 11.5. The van der Waals surface area contributed by atoms with Gasteiger partial charge in [0.1, 0.15) is 0 Å². The molecule has 4 N–H and O–H groups in total. The van der Waals surface area contributed by atoms with Crippen molar-refractivity contribution in [3.8, 4) is 0 Å². The van der Waals surface area contributed by atoms with Gasteiger partial charge in [-0.1, -0.05) is 26.7 Å². The number of nitrogens with one attached hydrogen (secondary N) is 1. The van der Waals surface area contributed by atoms with Crippen LogP contribution in [-0.4, -0.2) is 41.1 Å². The number of urea groups is 2. The first kappa shape index (κ1) is 17.3. The van der Waals surface area contributed by atoms with Gasteiger partial charge in [0, 0.05) is 13.1 Å². The van der Waals surface area contributed by atoms with Crippen LogP contribution in [0.4, 0.5) is 9.59 Å². The Morgan fingerprint density at radius 1 is 1.29 bits per heavy atom. The molecule has 120 valence electrons. The van der Waals surface area contributed by atoms with E-state index in [1.165, 1.54) is 6.92 Å². The third kappa shape index (κ3) is 5.61. The number of carboxylic acid groups (broad SMARTS) is 1. The van der Waals surface area contributed by atoms with Crippen LogP contribution in [0.1, 0.15) is 39.5 Å². The van der Waals surface area contributed by atoms with Crippen LogP contribution in [-0.2, 0) is 4.79 Å². The van der Waals surface area contributed by atoms with E-state index in [0.717, 1.165) is 36.5 Å². The molecule has 4 amide bonds. The van der Waals surface area contributed by atoms with Crippen LogP contribution in [0.3, 0.4) is 0 Å². The van der Waals surface area contributed by atoms with Gasteiger partial charge in [-0.05, 0) is 24.7 Å². The Labute approximate surface area is 124 Å². The highest BCUT2D eigenvalue weighted by Gasteiger charge is 2.25. The van der Waals surface area contributed by atoms with Crippen LogP contribution in [0.2, 0.25) is 0 Å². The molecule has 0 unspecified atom stereocenters. The van der Waals surface area contributed by atoms with Gasteiger partial charge < -0.3 is 16.2 Å². The second-order valence-corrected chi connectivity index (χ2v) is 6.00. The number of amides is 4. The van der Waals surface area contributed by atoms with Gasteiger partial charge in [0.2, 0.25) is 0 Å². The SMILES string of the molecule is C[C@@H](CN(C(N)=O)C(=O)NC[C@H]1CC[C@H](C)CC1)C(=O)O. The number of nitrogens with two attached hydrogens (primary N) is 1. The number of nitrogens with zero attached hydrogens (tertiary/aromatic N) is 1. The summed E-state index contributed by atoms with van der Waals surface area (Å²) < 4.78 is 0. The molecule has 1 rings (SSSR count). The molecule has 1 aliphatic rings. The Kier molecular flexibility index (Phi) is 6.45. The molecule has 1 aliphatic carbocycles. The average Bonchev–Trinajstić information content (AvgIpc) is 2.43. The molecule has 0 aromatic rings. The number of aliphatic carboxylic acids is 1. The van der Waals surface area contributed by atoms with Crippen LogP contribution >= 0.6 is 0 Å². The van der Waals surface area contributed by atoms with Gasteiger partial charge in [0.25, 0.3) is 0 Å². The zero-order chi connectivity index (χ0) is 16.0. The van der Waals surface area contributed by atoms with E-state index in [2.05, 4.69) is 12.2 Å². The van der Waals surface area contributed by atoms with Crippen molar-refractivity contribution in [1.29, 1.82) is 0 Å². The summed E-state index contributed by atoms with van der Waals surface area (Å²) in [7, 11) is 0. The van der Waals surface area contributed by atoms with Crippen molar-refractivity contribution in [2.24, 2.45) is 23.5 Å².